The van der Waals surface area contributed by atoms with E-state index >= 15 is 0 Å². The lowest BCUT2D eigenvalue weighted by atomic mass is 10.1. The molecule has 1 amide bonds. The van der Waals surface area contributed by atoms with E-state index in [0.29, 0.717) is 24.1 Å². The van der Waals surface area contributed by atoms with Gasteiger partial charge < -0.3 is 24.8 Å². The van der Waals surface area contributed by atoms with Crippen LogP contribution in [0.1, 0.15) is 31.2 Å². The highest BCUT2D eigenvalue weighted by Crippen LogP contribution is 2.28. The first kappa shape index (κ1) is 20.8. The van der Waals surface area contributed by atoms with Gasteiger partial charge in [-0.1, -0.05) is 12.1 Å². The molecule has 0 atom stereocenters. The highest BCUT2D eigenvalue weighted by Gasteiger charge is 2.16. The topological polar surface area (TPSA) is 68.8 Å². The van der Waals surface area contributed by atoms with Crippen LogP contribution in [0.3, 0.4) is 0 Å². The lowest BCUT2D eigenvalue weighted by Gasteiger charge is -2.14. The van der Waals surface area contributed by atoms with E-state index in [0.717, 1.165) is 36.3 Å². The monoisotopic (exact) mass is 398 g/mol. The van der Waals surface area contributed by atoms with Crippen LogP contribution in [0.15, 0.2) is 42.5 Å². The number of methoxy groups -OCH3 is 2. The number of carbonyl (C=O) groups is 1. The molecule has 0 unspecified atom stereocenters. The molecule has 0 bridgehead atoms. The molecule has 0 aliphatic heterocycles. The van der Waals surface area contributed by atoms with E-state index in [4.69, 9.17) is 14.2 Å². The van der Waals surface area contributed by atoms with Crippen molar-refractivity contribution in [1.82, 2.24) is 5.32 Å². The van der Waals surface area contributed by atoms with E-state index in [2.05, 4.69) is 10.6 Å². The summed E-state index contributed by atoms with van der Waals surface area (Å²) in [6.45, 7) is 0.777. The molecule has 2 aromatic carbocycles. The number of benzene rings is 2. The molecule has 1 aliphatic rings. The molecule has 0 spiro atoms. The third-order valence-electron chi connectivity index (χ3n) is 5.08. The van der Waals surface area contributed by atoms with E-state index in [1.54, 1.807) is 14.2 Å². The average Bonchev–Trinajstić information content (AvgIpc) is 3.25. The van der Waals surface area contributed by atoms with Crippen LogP contribution in [0.2, 0.25) is 0 Å². The molecule has 0 radical (unpaired) electrons. The Kier molecular flexibility index (Phi) is 7.61. The molecule has 2 aromatic rings. The Hall–Kier alpha value is -2.89. The van der Waals surface area contributed by atoms with Crippen molar-refractivity contribution in [3.05, 3.63) is 48.0 Å². The third-order valence-corrected chi connectivity index (χ3v) is 5.08. The summed E-state index contributed by atoms with van der Waals surface area (Å²) in [5, 5.41) is 6.10. The molecule has 1 aliphatic carbocycles. The second kappa shape index (κ2) is 10.6. The number of anilines is 1. The smallest absolute Gasteiger partial charge is 0.239 e. The van der Waals surface area contributed by atoms with Gasteiger partial charge in [0.05, 0.1) is 26.9 Å². The Morgan fingerprint density at radius 1 is 1.03 bits per heavy atom. The van der Waals surface area contributed by atoms with Gasteiger partial charge in [-0.05, 0) is 61.9 Å². The van der Waals surface area contributed by atoms with E-state index < -0.39 is 0 Å². The predicted molar refractivity (Wildman–Crippen MR) is 114 cm³/mol. The minimum atomic E-state index is -0.0485. The van der Waals surface area contributed by atoms with Crippen molar-refractivity contribution in [3.8, 4) is 17.2 Å². The molecule has 0 aromatic heterocycles. The fourth-order valence-corrected chi connectivity index (χ4v) is 3.51. The Labute approximate surface area is 172 Å². The Morgan fingerprint density at radius 2 is 1.83 bits per heavy atom. The fourth-order valence-electron chi connectivity index (χ4n) is 3.51. The maximum atomic E-state index is 12.1. The molecule has 6 nitrogen and oxygen atoms in total. The first-order valence-corrected chi connectivity index (χ1v) is 10.2. The minimum absolute atomic E-state index is 0.0485. The zero-order valence-electron chi connectivity index (χ0n) is 17.2. The largest absolute Gasteiger partial charge is 0.493 e. The van der Waals surface area contributed by atoms with Crippen molar-refractivity contribution < 1.29 is 19.0 Å². The number of rotatable bonds is 10. The van der Waals surface area contributed by atoms with Gasteiger partial charge in [0.1, 0.15) is 5.75 Å². The fraction of sp³-hybridized carbons (Fsp3) is 0.435. The van der Waals surface area contributed by atoms with Gasteiger partial charge in [0.15, 0.2) is 11.5 Å². The summed E-state index contributed by atoms with van der Waals surface area (Å²) in [5.74, 6) is 2.20. The SMILES string of the molecule is COc1ccc(CCNC(=O)CNc2cccc(OC3CCCC3)c2)cc1OC. The second-order valence-electron chi connectivity index (χ2n) is 7.19. The molecule has 29 heavy (non-hydrogen) atoms. The van der Waals surface area contributed by atoms with Gasteiger partial charge in [0.25, 0.3) is 0 Å². The lowest BCUT2D eigenvalue weighted by Crippen LogP contribution is -2.31. The predicted octanol–water partition coefficient (Wildman–Crippen LogP) is 3.80. The van der Waals surface area contributed by atoms with Crippen LogP contribution >= 0.6 is 0 Å². The van der Waals surface area contributed by atoms with Gasteiger partial charge >= 0.3 is 0 Å². The second-order valence-corrected chi connectivity index (χ2v) is 7.19. The molecular formula is C23H30N2O4. The molecule has 0 heterocycles. The molecule has 0 saturated heterocycles. The van der Waals surface area contributed by atoms with Crippen LogP contribution in [-0.2, 0) is 11.2 Å². The van der Waals surface area contributed by atoms with Gasteiger partial charge in [-0.15, -0.1) is 0 Å². The summed E-state index contributed by atoms with van der Waals surface area (Å²) in [6.07, 6.45) is 5.78. The Morgan fingerprint density at radius 3 is 2.59 bits per heavy atom. The zero-order chi connectivity index (χ0) is 20.5. The summed E-state index contributed by atoms with van der Waals surface area (Å²) in [5.41, 5.74) is 1.96. The van der Waals surface area contributed by atoms with Gasteiger partial charge in [-0.25, -0.2) is 0 Å². The summed E-state index contributed by atoms with van der Waals surface area (Å²) < 4.78 is 16.6. The van der Waals surface area contributed by atoms with Crippen molar-refractivity contribution in [3.63, 3.8) is 0 Å². The molecule has 6 heteroatoms. The first-order valence-electron chi connectivity index (χ1n) is 10.2. The summed E-state index contributed by atoms with van der Waals surface area (Å²) in [7, 11) is 3.23. The van der Waals surface area contributed by atoms with E-state index in [-0.39, 0.29) is 12.5 Å². The molecule has 156 valence electrons. The third kappa shape index (κ3) is 6.31. The van der Waals surface area contributed by atoms with Crippen LogP contribution in [-0.4, -0.2) is 39.3 Å². The summed E-state index contributed by atoms with van der Waals surface area (Å²) >= 11 is 0. The average molecular weight is 399 g/mol. The van der Waals surface area contributed by atoms with Crippen molar-refractivity contribution in [2.24, 2.45) is 0 Å². The maximum absolute atomic E-state index is 12.1. The maximum Gasteiger partial charge on any atom is 0.239 e. The number of ether oxygens (including phenoxy) is 3. The van der Waals surface area contributed by atoms with Crippen molar-refractivity contribution in [2.75, 3.05) is 32.6 Å². The first-order chi connectivity index (χ1) is 14.2. The summed E-state index contributed by atoms with van der Waals surface area (Å²) in [6, 6.07) is 13.6. The van der Waals surface area contributed by atoms with Crippen LogP contribution in [0.25, 0.3) is 0 Å². The number of carbonyl (C=O) groups excluding carboxylic acids is 1. The number of hydrogen-bond donors (Lipinski definition) is 2. The van der Waals surface area contributed by atoms with Gasteiger partial charge in [0.2, 0.25) is 5.91 Å². The Balaban J connectivity index is 1.41. The van der Waals surface area contributed by atoms with Crippen LogP contribution in [0, 0.1) is 0 Å². The Bertz CT molecular complexity index is 803. The molecule has 2 N–H and O–H groups in total. The highest BCUT2D eigenvalue weighted by atomic mass is 16.5. The van der Waals surface area contributed by atoms with Crippen LogP contribution in [0.4, 0.5) is 5.69 Å². The van der Waals surface area contributed by atoms with Crippen molar-refractivity contribution >= 4 is 11.6 Å². The van der Waals surface area contributed by atoms with E-state index in [1.807, 2.05) is 42.5 Å². The number of nitrogens with one attached hydrogen (secondary N) is 2. The zero-order valence-corrected chi connectivity index (χ0v) is 17.2. The standard InChI is InChI=1S/C23H30N2O4/c1-27-21-11-10-17(14-22(21)28-2)12-13-24-23(26)16-25-18-6-5-9-20(15-18)29-19-7-3-4-8-19/h5-6,9-11,14-15,19,25H,3-4,7-8,12-13,16H2,1-2H3,(H,24,26). The highest BCUT2D eigenvalue weighted by molar-refractivity contribution is 5.80. The molecule has 1 saturated carbocycles. The normalized spacial score (nSPS) is 13.7. The van der Waals surface area contributed by atoms with Crippen LogP contribution < -0.4 is 24.8 Å². The molecular weight excluding hydrogens is 368 g/mol. The number of hydrogen-bond acceptors (Lipinski definition) is 5. The van der Waals surface area contributed by atoms with Crippen LogP contribution in [0.5, 0.6) is 17.2 Å². The van der Waals surface area contributed by atoms with Gasteiger partial charge in [-0.2, -0.15) is 0 Å². The quantitative estimate of drug-likeness (QED) is 0.637. The van der Waals surface area contributed by atoms with E-state index in [9.17, 15) is 4.79 Å². The number of amides is 1. The van der Waals surface area contributed by atoms with Gasteiger partial charge in [-0.3, -0.25) is 4.79 Å². The molecule has 1 fully saturated rings. The lowest BCUT2D eigenvalue weighted by molar-refractivity contribution is -0.119. The van der Waals surface area contributed by atoms with Crippen molar-refractivity contribution in [1.29, 1.82) is 0 Å². The minimum Gasteiger partial charge on any atom is -0.493 e. The molecule has 3 rings (SSSR count). The van der Waals surface area contributed by atoms with Crippen molar-refractivity contribution in [2.45, 2.75) is 38.2 Å². The van der Waals surface area contributed by atoms with Gasteiger partial charge in [0, 0.05) is 18.3 Å². The van der Waals surface area contributed by atoms with E-state index in [1.165, 1.54) is 12.8 Å². The summed E-state index contributed by atoms with van der Waals surface area (Å²) in [4.78, 5) is 12.1.